The maximum Gasteiger partial charge on any atom is 0.239 e. The predicted molar refractivity (Wildman–Crippen MR) is 60.7 cm³/mol. The number of fused-ring (bicyclic) bond motifs is 1. The number of nitrogens with zero attached hydrogens (tertiary/aromatic N) is 1. The minimum Gasteiger partial charge on any atom is -0.358 e. The van der Waals surface area contributed by atoms with Crippen LogP contribution in [-0.2, 0) is 11.3 Å². The predicted octanol–water partition coefficient (Wildman–Crippen LogP) is 1.70. The van der Waals surface area contributed by atoms with E-state index in [0.717, 1.165) is 5.52 Å². The molecule has 3 heteroatoms. The first-order chi connectivity index (χ1) is 7.22. The molecule has 0 aliphatic carbocycles. The van der Waals surface area contributed by atoms with Crippen molar-refractivity contribution in [1.29, 1.82) is 0 Å². The molecular weight excluding hydrogens is 188 g/mol. The summed E-state index contributed by atoms with van der Waals surface area (Å²) in [4.78, 5) is 11.3. The zero-order valence-electron chi connectivity index (χ0n) is 8.95. The highest BCUT2D eigenvalue weighted by molar-refractivity contribution is 5.85. The topological polar surface area (TPSA) is 34.0 Å². The van der Waals surface area contributed by atoms with Gasteiger partial charge in [0.1, 0.15) is 6.54 Å². The van der Waals surface area contributed by atoms with Crippen LogP contribution in [0.5, 0.6) is 0 Å². The lowest BCUT2D eigenvalue weighted by molar-refractivity contribution is -0.121. The molecule has 0 bridgehead atoms. The van der Waals surface area contributed by atoms with Crippen molar-refractivity contribution in [3.05, 3.63) is 36.0 Å². The van der Waals surface area contributed by atoms with E-state index >= 15 is 0 Å². The molecule has 0 fully saturated rings. The van der Waals surface area contributed by atoms with Crippen molar-refractivity contribution in [2.45, 2.75) is 13.5 Å². The summed E-state index contributed by atoms with van der Waals surface area (Å²) < 4.78 is 1.96. The van der Waals surface area contributed by atoms with Gasteiger partial charge in [-0.3, -0.25) is 4.79 Å². The van der Waals surface area contributed by atoms with Crippen LogP contribution in [0, 0.1) is 6.92 Å². The lowest BCUT2D eigenvalue weighted by atomic mass is 10.1. The van der Waals surface area contributed by atoms with Crippen LogP contribution in [0.2, 0.25) is 0 Å². The summed E-state index contributed by atoms with van der Waals surface area (Å²) in [5.41, 5.74) is 2.35. The highest BCUT2D eigenvalue weighted by atomic mass is 16.1. The summed E-state index contributed by atoms with van der Waals surface area (Å²) in [5, 5.41) is 3.83. The van der Waals surface area contributed by atoms with Crippen LogP contribution in [0.3, 0.4) is 0 Å². The Morgan fingerprint density at radius 3 is 2.93 bits per heavy atom. The van der Waals surface area contributed by atoms with Gasteiger partial charge in [-0.2, -0.15) is 0 Å². The molecule has 2 rings (SSSR count). The SMILES string of the molecule is CNC(=O)Cn1ccc2c(C)cccc21. The van der Waals surface area contributed by atoms with Crippen LogP contribution in [0.4, 0.5) is 0 Å². The Hall–Kier alpha value is -1.77. The van der Waals surface area contributed by atoms with Crippen LogP contribution in [0.15, 0.2) is 30.5 Å². The second-order valence-corrected chi connectivity index (χ2v) is 3.62. The summed E-state index contributed by atoms with van der Waals surface area (Å²) >= 11 is 0. The highest BCUT2D eigenvalue weighted by Gasteiger charge is 2.05. The third-order valence-corrected chi connectivity index (χ3v) is 2.62. The van der Waals surface area contributed by atoms with Gasteiger partial charge in [0.25, 0.3) is 0 Å². The minimum absolute atomic E-state index is 0.0222. The van der Waals surface area contributed by atoms with Gasteiger partial charge in [-0.15, -0.1) is 0 Å². The third-order valence-electron chi connectivity index (χ3n) is 2.62. The van der Waals surface area contributed by atoms with Gasteiger partial charge in [-0.1, -0.05) is 12.1 Å². The third kappa shape index (κ3) is 1.73. The molecule has 0 atom stereocenters. The van der Waals surface area contributed by atoms with Gasteiger partial charge in [0.2, 0.25) is 5.91 Å². The van der Waals surface area contributed by atoms with Crippen LogP contribution < -0.4 is 5.32 Å². The molecule has 0 aliphatic rings. The van der Waals surface area contributed by atoms with Crippen molar-refractivity contribution < 1.29 is 4.79 Å². The van der Waals surface area contributed by atoms with Crippen molar-refractivity contribution >= 4 is 16.8 Å². The number of hydrogen-bond donors (Lipinski definition) is 1. The summed E-state index contributed by atoms with van der Waals surface area (Å²) in [6.07, 6.45) is 1.95. The van der Waals surface area contributed by atoms with E-state index in [-0.39, 0.29) is 5.91 Å². The fourth-order valence-electron chi connectivity index (χ4n) is 1.75. The summed E-state index contributed by atoms with van der Waals surface area (Å²) in [7, 11) is 1.65. The first-order valence-electron chi connectivity index (χ1n) is 4.97. The second kappa shape index (κ2) is 3.77. The number of benzene rings is 1. The van der Waals surface area contributed by atoms with Crippen molar-refractivity contribution in [3.8, 4) is 0 Å². The number of likely N-dealkylation sites (N-methyl/N-ethyl adjacent to an activating group) is 1. The van der Waals surface area contributed by atoms with Crippen molar-refractivity contribution in [3.63, 3.8) is 0 Å². The Bertz CT molecular complexity index is 499. The largest absolute Gasteiger partial charge is 0.358 e. The van der Waals surface area contributed by atoms with E-state index in [9.17, 15) is 4.79 Å². The molecule has 0 saturated carbocycles. The van der Waals surface area contributed by atoms with Gasteiger partial charge in [-0.05, 0) is 24.6 Å². The smallest absolute Gasteiger partial charge is 0.239 e. The molecule has 1 heterocycles. The van der Waals surface area contributed by atoms with Gasteiger partial charge in [-0.25, -0.2) is 0 Å². The molecule has 0 radical (unpaired) electrons. The molecule has 2 aromatic rings. The summed E-state index contributed by atoms with van der Waals surface area (Å²) in [5.74, 6) is 0.0222. The Labute approximate surface area is 88.7 Å². The average molecular weight is 202 g/mol. The van der Waals surface area contributed by atoms with Crippen LogP contribution in [-0.4, -0.2) is 17.5 Å². The van der Waals surface area contributed by atoms with Crippen molar-refractivity contribution in [2.24, 2.45) is 0 Å². The lowest BCUT2D eigenvalue weighted by Gasteiger charge is -2.04. The Morgan fingerprint density at radius 1 is 1.40 bits per heavy atom. The molecule has 15 heavy (non-hydrogen) atoms. The monoisotopic (exact) mass is 202 g/mol. The van der Waals surface area contributed by atoms with Gasteiger partial charge in [0.05, 0.1) is 0 Å². The second-order valence-electron chi connectivity index (χ2n) is 3.62. The maximum absolute atomic E-state index is 11.3. The summed E-state index contributed by atoms with van der Waals surface area (Å²) in [6, 6.07) is 8.17. The molecule has 0 saturated heterocycles. The number of aromatic nitrogens is 1. The van der Waals surface area contributed by atoms with E-state index in [2.05, 4.69) is 18.3 Å². The molecule has 1 aromatic carbocycles. The first-order valence-corrected chi connectivity index (χ1v) is 4.97. The molecule has 0 unspecified atom stereocenters. The standard InChI is InChI=1S/C12H14N2O/c1-9-4-3-5-11-10(9)6-7-14(11)8-12(15)13-2/h3-7H,8H2,1-2H3,(H,13,15). The molecular formula is C12H14N2O. The Kier molecular flexibility index (Phi) is 2.46. The number of carbonyl (C=O) groups is 1. The van der Waals surface area contributed by atoms with Crippen LogP contribution >= 0.6 is 0 Å². The van der Waals surface area contributed by atoms with E-state index < -0.39 is 0 Å². The molecule has 1 N–H and O–H groups in total. The average Bonchev–Trinajstić information content (AvgIpc) is 2.63. The number of aryl methyl sites for hydroxylation is 1. The zero-order valence-corrected chi connectivity index (χ0v) is 8.95. The molecule has 78 valence electrons. The van der Waals surface area contributed by atoms with Gasteiger partial charge < -0.3 is 9.88 Å². The number of carbonyl (C=O) groups excluding carboxylic acids is 1. The highest BCUT2D eigenvalue weighted by Crippen LogP contribution is 2.19. The van der Waals surface area contributed by atoms with Gasteiger partial charge in [0.15, 0.2) is 0 Å². The fraction of sp³-hybridized carbons (Fsp3) is 0.250. The molecule has 1 amide bonds. The summed E-state index contributed by atoms with van der Waals surface area (Å²) in [6.45, 7) is 2.45. The van der Waals surface area contributed by atoms with Gasteiger partial charge in [0, 0.05) is 24.1 Å². The van der Waals surface area contributed by atoms with Crippen LogP contribution in [0.25, 0.3) is 10.9 Å². The first kappa shape index (κ1) is 9.77. The molecule has 1 aromatic heterocycles. The Balaban J connectivity index is 2.45. The van der Waals surface area contributed by atoms with Crippen molar-refractivity contribution in [1.82, 2.24) is 9.88 Å². The van der Waals surface area contributed by atoms with Gasteiger partial charge >= 0.3 is 0 Å². The lowest BCUT2D eigenvalue weighted by Crippen LogP contribution is -2.22. The maximum atomic E-state index is 11.3. The number of hydrogen-bond acceptors (Lipinski definition) is 1. The number of nitrogens with one attached hydrogen (secondary N) is 1. The van der Waals surface area contributed by atoms with E-state index in [0.29, 0.717) is 6.54 Å². The molecule has 3 nitrogen and oxygen atoms in total. The zero-order chi connectivity index (χ0) is 10.8. The quantitative estimate of drug-likeness (QED) is 0.790. The Morgan fingerprint density at radius 2 is 2.20 bits per heavy atom. The van der Waals surface area contributed by atoms with Crippen LogP contribution in [0.1, 0.15) is 5.56 Å². The molecule has 0 spiro atoms. The molecule has 0 aliphatic heterocycles. The number of amides is 1. The normalized spacial score (nSPS) is 10.5. The van der Waals surface area contributed by atoms with E-state index in [1.807, 2.05) is 29.0 Å². The van der Waals surface area contributed by atoms with E-state index in [4.69, 9.17) is 0 Å². The van der Waals surface area contributed by atoms with E-state index in [1.54, 1.807) is 7.05 Å². The van der Waals surface area contributed by atoms with E-state index in [1.165, 1.54) is 10.9 Å². The minimum atomic E-state index is 0.0222. The number of rotatable bonds is 2. The van der Waals surface area contributed by atoms with Crippen molar-refractivity contribution in [2.75, 3.05) is 7.05 Å². The fourth-order valence-corrected chi connectivity index (χ4v) is 1.75.